The fourth-order valence-electron chi connectivity index (χ4n) is 1.64. The van der Waals surface area contributed by atoms with Gasteiger partial charge >= 0.3 is 11.9 Å². The molecule has 0 saturated heterocycles. The fraction of sp³-hybridized carbons (Fsp3) is 0.333. The zero-order chi connectivity index (χ0) is 16.7. The molecule has 1 aromatic rings. The molecular weight excluding hydrogens is 292 g/mol. The Morgan fingerprint density at radius 1 is 1.00 bits per heavy atom. The molecule has 0 N–H and O–H groups in total. The minimum absolute atomic E-state index is 0.0308. The number of esters is 2. The number of methoxy groups -OCH3 is 4. The Hall–Kier alpha value is -2.70. The normalized spacial score (nSPS) is 9.64. The summed E-state index contributed by atoms with van der Waals surface area (Å²) in [5, 5.41) is 0. The molecule has 0 aliphatic rings. The Morgan fingerprint density at radius 2 is 1.55 bits per heavy atom. The van der Waals surface area contributed by atoms with E-state index in [1.807, 2.05) is 0 Å². The lowest BCUT2D eigenvalue weighted by Crippen LogP contribution is -2.14. The smallest absolute Gasteiger partial charge is 0.338 e. The number of benzene rings is 1. The van der Waals surface area contributed by atoms with Gasteiger partial charge in [0.15, 0.2) is 11.5 Å². The van der Waals surface area contributed by atoms with E-state index >= 15 is 0 Å². The third-order valence-corrected chi connectivity index (χ3v) is 2.75. The second-order valence-corrected chi connectivity index (χ2v) is 4.09. The van der Waals surface area contributed by atoms with Gasteiger partial charge in [0.25, 0.3) is 0 Å². The average molecular weight is 310 g/mol. The van der Waals surface area contributed by atoms with Crippen LogP contribution in [0.2, 0.25) is 0 Å². The minimum Gasteiger partial charge on any atom is -0.493 e. The van der Waals surface area contributed by atoms with Gasteiger partial charge in [0.05, 0.1) is 39.6 Å². The molecule has 1 aromatic carbocycles. The molecule has 0 radical (unpaired) electrons. The van der Waals surface area contributed by atoms with E-state index in [2.05, 4.69) is 11.3 Å². The quantitative estimate of drug-likeness (QED) is 0.559. The molecule has 0 fully saturated rings. The number of carbonyl (C=O) groups excluding carboxylic acids is 2. The topological polar surface area (TPSA) is 80.3 Å². The molecule has 120 valence electrons. The van der Waals surface area contributed by atoms with Crippen molar-refractivity contribution in [3.05, 3.63) is 29.8 Å². The molecule has 0 saturated carbocycles. The van der Waals surface area contributed by atoms with E-state index in [9.17, 15) is 9.59 Å². The molecule has 22 heavy (non-hydrogen) atoms. The molecule has 0 aromatic heterocycles. The first-order chi connectivity index (χ1) is 10.5. The molecule has 7 nitrogen and oxygen atoms in total. The largest absolute Gasteiger partial charge is 0.493 e. The Kier molecular flexibility index (Phi) is 6.25. The van der Waals surface area contributed by atoms with E-state index in [-0.39, 0.29) is 17.7 Å². The Balaban J connectivity index is 2.94. The number of ether oxygens (including phenoxy) is 5. The fourth-order valence-corrected chi connectivity index (χ4v) is 1.64. The predicted octanol–water partition coefficient (Wildman–Crippen LogP) is 1.60. The van der Waals surface area contributed by atoms with Gasteiger partial charge in [0, 0.05) is 0 Å². The monoisotopic (exact) mass is 310 g/mol. The van der Waals surface area contributed by atoms with Crippen molar-refractivity contribution in [2.24, 2.45) is 0 Å². The zero-order valence-electron chi connectivity index (χ0n) is 12.9. The summed E-state index contributed by atoms with van der Waals surface area (Å²) in [6.07, 6.45) is 0. The summed E-state index contributed by atoms with van der Waals surface area (Å²) in [5.74, 6) is -0.302. The maximum Gasteiger partial charge on any atom is 0.338 e. The van der Waals surface area contributed by atoms with Crippen LogP contribution >= 0.6 is 0 Å². The molecule has 0 heterocycles. The zero-order valence-corrected chi connectivity index (χ0v) is 12.9. The van der Waals surface area contributed by atoms with Crippen LogP contribution in [0.4, 0.5) is 0 Å². The molecule has 0 unspecified atom stereocenters. The maximum atomic E-state index is 12.0. The van der Waals surface area contributed by atoms with Crippen LogP contribution in [0.25, 0.3) is 0 Å². The van der Waals surface area contributed by atoms with Crippen LogP contribution in [0.3, 0.4) is 0 Å². The lowest BCUT2D eigenvalue weighted by atomic mass is 10.2. The van der Waals surface area contributed by atoms with E-state index in [4.69, 9.17) is 18.9 Å². The van der Waals surface area contributed by atoms with Crippen LogP contribution in [-0.4, -0.2) is 47.0 Å². The Bertz CT molecular complexity index is 552. The van der Waals surface area contributed by atoms with Gasteiger partial charge in [-0.05, 0) is 12.1 Å². The summed E-state index contributed by atoms with van der Waals surface area (Å²) < 4.78 is 24.9. The van der Waals surface area contributed by atoms with Gasteiger partial charge in [-0.1, -0.05) is 6.58 Å². The molecular formula is C15H18O7. The standard InChI is InChI=1S/C15H18O7/c1-9(14(16)21-5)8-22-15(17)10-6-11(18-2)13(20-4)12(7-10)19-3/h6-7H,1,8H2,2-5H3. The van der Waals surface area contributed by atoms with E-state index in [0.717, 1.165) is 0 Å². The van der Waals surface area contributed by atoms with Gasteiger partial charge in [0.1, 0.15) is 6.61 Å². The SMILES string of the molecule is C=C(COC(=O)c1cc(OC)c(OC)c(OC)c1)C(=O)OC. The molecule has 0 atom stereocenters. The van der Waals surface area contributed by atoms with Crippen molar-refractivity contribution in [3.63, 3.8) is 0 Å². The summed E-state index contributed by atoms with van der Waals surface area (Å²) in [7, 11) is 5.55. The number of rotatable bonds is 7. The van der Waals surface area contributed by atoms with Crippen molar-refractivity contribution >= 4 is 11.9 Å². The highest BCUT2D eigenvalue weighted by Gasteiger charge is 2.18. The minimum atomic E-state index is -0.663. The van der Waals surface area contributed by atoms with Crippen molar-refractivity contribution in [2.75, 3.05) is 35.0 Å². The van der Waals surface area contributed by atoms with Gasteiger partial charge < -0.3 is 23.7 Å². The number of hydrogen-bond acceptors (Lipinski definition) is 7. The highest BCUT2D eigenvalue weighted by atomic mass is 16.5. The van der Waals surface area contributed by atoms with Crippen molar-refractivity contribution in [3.8, 4) is 17.2 Å². The Labute approximate surface area is 128 Å². The molecule has 0 aliphatic heterocycles. The van der Waals surface area contributed by atoms with Crippen molar-refractivity contribution in [1.29, 1.82) is 0 Å². The Morgan fingerprint density at radius 3 is 1.95 bits per heavy atom. The second kappa shape index (κ2) is 7.92. The summed E-state index contributed by atoms with van der Waals surface area (Å²) in [5.41, 5.74) is 0.218. The van der Waals surface area contributed by atoms with Gasteiger partial charge in [-0.3, -0.25) is 0 Å². The molecule has 0 aliphatic carbocycles. The van der Waals surface area contributed by atoms with Crippen molar-refractivity contribution in [1.82, 2.24) is 0 Å². The van der Waals surface area contributed by atoms with E-state index in [1.54, 1.807) is 0 Å². The molecule has 0 bridgehead atoms. The maximum absolute atomic E-state index is 12.0. The molecule has 0 amide bonds. The van der Waals surface area contributed by atoms with Gasteiger partial charge in [0.2, 0.25) is 5.75 Å². The summed E-state index contributed by atoms with van der Waals surface area (Å²) in [6, 6.07) is 2.90. The van der Waals surface area contributed by atoms with Crippen LogP contribution in [-0.2, 0) is 14.3 Å². The number of carbonyl (C=O) groups is 2. The summed E-state index contributed by atoms with van der Waals surface area (Å²) in [4.78, 5) is 23.2. The van der Waals surface area contributed by atoms with E-state index in [0.29, 0.717) is 17.2 Å². The van der Waals surface area contributed by atoms with Crippen LogP contribution < -0.4 is 14.2 Å². The van der Waals surface area contributed by atoms with Crippen molar-refractivity contribution < 1.29 is 33.3 Å². The molecule has 7 heteroatoms. The highest BCUT2D eigenvalue weighted by molar-refractivity contribution is 5.92. The highest BCUT2D eigenvalue weighted by Crippen LogP contribution is 2.38. The summed E-state index contributed by atoms with van der Waals surface area (Å²) in [6.45, 7) is 3.19. The van der Waals surface area contributed by atoms with Gasteiger partial charge in [-0.15, -0.1) is 0 Å². The summed E-state index contributed by atoms with van der Waals surface area (Å²) >= 11 is 0. The van der Waals surface area contributed by atoms with Crippen LogP contribution in [0.15, 0.2) is 24.3 Å². The van der Waals surface area contributed by atoms with Crippen LogP contribution in [0.5, 0.6) is 17.2 Å². The second-order valence-electron chi connectivity index (χ2n) is 4.09. The van der Waals surface area contributed by atoms with Crippen molar-refractivity contribution in [2.45, 2.75) is 0 Å². The first-order valence-electron chi connectivity index (χ1n) is 6.21. The van der Waals surface area contributed by atoms with Crippen LogP contribution in [0, 0.1) is 0 Å². The lowest BCUT2D eigenvalue weighted by molar-refractivity contribution is -0.136. The van der Waals surface area contributed by atoms with E-state index in [1.165, 1.54) is 40.6 Å². The van der Waals surface area contributed by atoms with Gasteiger partial charge in [-0.2, -0.15) is 0 Å². The average Bonchev–Trinajstić information content (AvgIpc) is 2.56. The first kappa shape index (κ1) is 17.4. The first-order valence-corrected chi connectivity index (χ1v) is 6.21. The van der Waals surface area contributed by atoms with Gasteiger partial charge in [-0.25, -0.2) is 9.59 Å². The molecule has 0 spiro atoms. The van der Waals surface area contributed by atoms with Crippen LogP contribution in [0.1, 0.15) is 10.4 Å². The number of hydrogen-bond donors (Lipinski definition) is 0. The third kappa shape index (κ3) is 3.91. The third-order valence-electron chi connectivity index (χ3n) is 2.75. The van der Waals surface area contributed by atoms with E-state index < -0.39 is 11.9 Å². The molecule has 1 rings (SSSR count). The lowest BCUT2D eigenvalue weighted by Gasteiger charge is -2.13. The predicted molar refractivity (Wildman–Crippen MR) is 77.5 cm³/mol.